The van der Waals surface area contributed by atoms with Crippen LogP contribution in [-0.2, 0) is 24.3 Å². The van der Waals surface area contributed by atoms with Gasteiger partial charge in [-0.3, -0.25) is 0 Å². The molecule has 3 aromatic heterocycles. The molecule has 7 aromatic rings. The molecule has 0 saturated heterocycles. The number of fused-ring (bicyclic) bond motifs is 8. The lowest BCUT2D eigenvalue weighted by Gasteiger charge is -2.26. The van der Waals surface area contributed by atoms with E-state index in [4.69, 9.17) is 27.7 Å². The fraction of sp³-hybridized carbons (Fsp3) is 0.137. The third kappa shape index (κ3) is 7.72. The van der Waals surface area contributed by atoms with Crippen LogP contribution < -0.4 is 0 Å². The van der Waals surface area contributed by atoms with Crippen molar-refractivity contribution < 1.29 is 17.7 Å². The Kier molecular flexibility index (Phi) is 11.3. The summed E-state index contributed by atoms with van der Waals surface area (Å²) in [6.45, 7) is 7.11. The highest BCUT2D eigenvalue weighted by atomic mass is 28.4. The Hall–Kier alpha value is -6.46. The summed E-state index contributed by atoms with van der Waals surface area (Å²) in [4.78, 5) is 18.7. The van der Waals surface area contributed by atoms with Gasteiger partial charge in [0.25, 0.3) is 0 Å². The molecule has 5 heterocycles. The van der Waals surface area contributed by atoms with Crippen molar-refractivity contribution in [1.82, 2.24) is 19.9 Å². The Morgan fingerprint density at radius 1 is 0.417 bits per heavy atom. The number of H-pyrrole nitrogens is 2. The van der Waals surface area contributed by atoms with Crippen LogP contribution >= 0.6 is 0 Å². The Morgan fingerprint density at radius 3 is 1.18 bits per heavy atom. The van der Waals surface area contributed by atoms with Crippen LogP contribution in [0.25, 0.3) is 90.9 Å². The van der Waals surface area contributed by atoms with E-state index >= 15 is 0 Å². The highest BCUT2D eigenvalue weighted by molar-refractivity contribution is 6.53. The molecule has 0 saturated carbocycles. The van der Waals surface area contributed by atoms with E-state index in [2.05, 4.69) is 150 Å². The maximum absolute atomic E-state index is 6.71. The summed E-state index contributed by atoms with van der Waals surface area (Å²) in [6, 6.07) is 48.2. The third-order valence-corrected chi connectivity index (χ3v) is 13.0. The van der Waals surface area contributed by atoms with E-state index in [0.29, 0.717) is 19.8 Å². The standard InChI is InChI=1S/C51H46N4O4Si/c1-4-56-60(57-5-2,58-6-3)59-34-39-33-46-49(37-23-15-9-16-24-37)44-30-29-42(53-44)47(35-19-11-7-12-20-35)40-27-28-41(52-40)48(36-21-13-8-14-22-36)43-31-32-45(54-43)50(51(39)55-46)38-25-17-10-18-26-38/h7-33,52,55H,4-6,34H2,1-3H3. The molecule has 0 unspecified atom stereocenters. The number of aromatic amines is 2. The van der Waals surface area contributed by atoms with E-state index in [9.17, 15) is 0 Å². The van der Waals surface area contributed by atoms with Gasteiger partial charge in [0.1, 0.15) is 0 Å². The second-order valence-electron chi connectivity index (χ2n) is 14.4. The van der Waals surface area contributed by atoms with Gasteiger partial charge in [0.15, 0.2) is 0 Å². The van der Waals surface area contributed by atoms with Gasteiger partial charge in [-0.15, -0.1) is 0 Å². The van der Waals surface area contributed by atoms with Gasteiger partial charge in [-0.1, -0.05) is 121 Å². The lowest BCUT2D eigenvalue weighted by atomic mass is 10.0. The van der Waals surface area contributed by atoms with Gasteiger partial charge in [-0.05, 0) is 85.5 Å². The molecule has 60 heavy (non-hydrogen) atoms. The molecule has 8 bridgehead atoms. The van der Waals surface area contributed by atoms with Crippen molar-refractivity contribution in [1.29, 1.82) is 0 Å². The van der Waals surface area contributed by atoms with Crippen LogP contribution in [0.15, 0.2) is 140 Å². The Bertz CT molecular complexity index is 2840. The van der Waals surface area contributed by atoms with Crippen LogP contribution in [0, 0.1) is 0 Å². The van der Waals surface area contributed by atoms with Crippen molar-refractivity contribution in [3.8, 4) is 44.5 Å². The van der Waals surface area contributed by atoms with Crippen LogP contribution in [-0.4, -0.2) is 48.8 Å². The largest absolute Gasteiger partial charge is 0.679 e. The summed E-state index contributed by atoms with van der Waals surface area (Å²) in [5.74, 6) is 0. The van der Waals surface area contributed by atoms with Gasteiger partial charge in [-0.2, -0.15) is 0 Å². The van der Waals surface area contributed by atoms with Crippen molar-refractivity contribution in [3.05, 3.63) is 168 Å². The van der Waals surface area contributed by atoms with E-state index in [0.717, 1.165) is 94.9 Å². The van der Waals surface area contributed by atoms with E-state index in [1.807, 2.05) is 45.0 Å². The van der Waals surface area contributed by atoms with Crippen molar-refractivity contribution in [3.63, 3.8) is 0 Å². The van der Waals surface area contributed by atoms with Gasteiger partial charge >= 0.3 is 9.05 Å². The minimum atomic E-state index is -3.52. The number of aromatic nitrogens is 4. The van der Waals surface area contributed by atoms with Crippen molar-refractivity contribution >= 4 is 55.4 Å². The Morgan fingerprint density at radius 2 is 0.783 bits per heavy atom. The summed E-state index contributed by atoms with van der Waals surface area (Å²) in [7, 11) is -3.52. The smallest absolute Gasteiger partial charge is 0.354 e. The first-order valence-corrected chi connectivity index (χ1v) is 22.2. The quantitative estimate of drug-likeness (QED) is 0.113. The molecule has 0 radical (unpaired) electrons. The Labute approximate surface area is 351 Å². The number of hydrogen-bond acceptors (Lipinski definition) is 6. The van der Waals surface area contributed by atoms with Crippen molar-refractivity contribution in [2.45, 2.75) is 27.4 Å². The van der Waals surface area contributed by atoms with Crippen LogP contribution in [0.4, 0.5) is 0 Å². The molecule has 2 aliphatic heterocycles. The maximum Gasteiger partial charge on any atom is 0.679 e. The predicted molar refractivity (Wildman–Crippen MR) is 246 cm³/mol. The van der Waals surface area contributed by atoms with Gasteiger partial charge in [0, 0.05) is 64.2 Å². The summed E-state index contributed by atoms with van der Waals surface area (Å²) in [5.41, 5.74) is 15.9. The second-order valence-corrected chi connectivity index (χ2v) is 16.5. The molecule has 298 valence electrons. The first-order chi connectivity index (χ1) is 29.6. The highest BCUT2D eigenvalue weighted by Crippen LogP contribution is 2.39. The number of nitrogens with zero attached hydrogens (tertiary/aromatic N) is 2. The predicted octanol–water partition coefficient (Wildman–Crippen LogP) is 12.4. The molecule has 2 aliphatic rings. The first kappa shape index (κ1) is 39.0. The molecule has 9 heteroatoms. The maximum atomic E-state index is 6.71. The lowest BCUT2D eigenvalue weighted by molar-refractivity contribution is -0.0317. The molecule has 0 aliphatic carbocycles. The van der Waals surface area contributed by atoms with Crippen molar-refractivity contribution in [2.75, 3.05) is 19.8 Å². The minimum Gasteiger partial charge on any atom is -0.354 e. The normalized spacial score (nSPS) is 12.3. The Balaban J connectivity index is 1.45. The zero-order chi connectivity index (χ0) is 40.9. The summed E-state index contributed by atoms with van der Waals surface area (Å²) < 4.78 is 25.2. The first-order valence-electron chi connectivity index (χ1n) is 20.5. The lowest BCUT2D eigenvalue weighted by Crippen LogP contribution is -2.49. The molecule has 0 spiro atoms. The number of rotatable bonds is 13. The van der Waals surface area contributed by atoms with E-state index < -0.39 is 9.05 Å². The molecule has 0 amide bonds. The monoisotopic (exact) mass is 806 g/mol. The van der Waals surface area contributed by atoms with E-state index in [1.165, 1.54) is 0 Å². The van der Waals surface area contributed by atoms with E-state index in [-0.39, 0.29) is 6.61 Å². The molecule has 4 aromatic carbocycles. The van der Waals surface area contributed by atoms with Gasteiger partial charge in [0.05, 0.1) is 34.9 Å². The van der Waals surface area contributed by atoms with E-state index in [1.54, 1.807) is 0 Å². The average molecular weight is 807 g/mol. The minimum absolute atomic E-state index is 0.155. The average Bonchev–Trinajstić information content (AvgIpc) is 4.13. The molecule has 8 nitrogen and oxygen atoms in total. The molecule has 0 fully saturated rings. The zero-order valence-electron chi connectivity index (χ0n) is 33.9. The molecular formula is C51H46N4O4Si. The molecule has 9 rings (SSSR count). The van der Waals surface area contributed by atoms with Gasteiger partial charge < -0.3 is 27.7 Å². The fourth-order valence-electron chi connectivity index (χ4n) is 8.05. The molecular weight excluding hydrogens is 761 g/mol. The second kappa shape index (κ2) is 17.4. The van der Waals surface area contributed by atoms with Crippen LogP contribution in [0.1, 0.15) is 49.1 Å². The third-order valence-electron chi connectivity index (χ3n) is 10.6. The van der Waals surface area contributed by atoms with Crippen molar-refractivity contribution in [2.24, 2.45) is 0 Å². The fourth-order valence-corrected chi connectivity index (χ4v) is 9.94. The zero-order valence-corrected chi connectivity index (χ0v) is 34.9. The van der Waals surface area contributed by atoms with Crippen LogP contribution in [0.5, 0.6) is 0 Å². The number of nitrogens with one attached hydrogen (secondary N) is 2. The van der Waals surface area contributed by atoms with Crippen LogP contribution in [0.2, 0.25) is 0 Å². The SMILES string of the molecule is CCO[Si](OCC)(OCC)OCc1cc2[nH]c1c(-c1ccccc1)c1nc(c(-c3ccccc3)c3ccc([nH]3)c(-c3ccccc3)c3nc(c2-c2ccccc2)C=C3)C=C1. The number of benzene rings is 4. The van der Waals surface area contributed by atoms with Gasteiger partial charge in [0.2, 0.25) is 0 Å². The summed E-state index contributed by atoms with van der Waals surface area (Å²) >= 11 is 0. The van der Waals surface area contributed by atoms with Crippen LogP contribution in [0.3, 0.4) is 0 Å². The summed E-state index contributed by atoms with van der Waals surface area (Å²) in [5, 5.41) is 0. The highest BCUT2D eigenvalue weighted by Gasteiger charge is 2.45. The molecule has 2 N–H and O–H groups in total. The summed E-state index contributed by atoms with van der Waals surface area (Å²) in [6.07, 6.45) is 8.46. The topological polar surface area (TPSA) is 94.3 Å². The van der Waals surface area contributed by atoms with Gasteiger partial charge in [-0.25, -0.2) is 9.97 Å². The molecule has 0 atom stereocenters. The number of hydrogen-bond donors (Lipinski definition) is 2.